The van der Waals surface area contributed by atoms with E-state index >= 15 is 0 Å². The molecule has 1 saturated carbocycles. The van der Waals surface area contributed by atoms with Crippen LogP contribution >= 0.6 is 0 Å². The van der Waals surface area contributed by atoms with Gasteiger partial charge in [0.15, 0.2) is 0 Å². The fourth-order valence-corrected chi connectivity index (χ4v) is 4.15. The zero-order valence-corrected chi connectivity index (χ0v) is 12.5. The smallest absolute Gasteiger partial charge is 0.0512 e. The maximum atomic E-state index is 9.34. The van der Waals surface area contributed by atoms with Crippen LogP contribution in [0.2, 0.25) is 0 Å². The highest BCUT2D eigenvalue weighted by Gasteiger charge is 2.38. The largest absolute Gasteiger partial charge is 0.393 e. The summed E-state index contributed by atoms with van der Waals surface area (Å²) in [5.74, 6) is 1.63. The van der Waals surface area contributed by atoms with Gasteiger partial charge < -0.3 is 10.4 Å². The molecule has 2 aliphatic carbocycles. The number of fused-ring (bicyclic) bond motifs is 3. The van der Waals surface area contributed by atoms with Crippen molar-refractivity contribution < 1.29 is 5.11 Å². The van der Waals surface area contributed by atoms with E-state index < -0.39 is 0 Å². The molecule has 2 bridgehead atoms. The molecule has 0 radical (unpaired) electrons. The first kappa shape index (κ1) is 14.1. The lowest BCUT2D eigenvalue weighted by Crippen LogP contribution is -2.38. The van der Waals surface area contributed by atoms with E-state index in [1.165, 1.54) is 25.7 Å². The first-order chi connectivity index (χ1) is 9.74. The third-order valence-electron chi connectivity index (χ3n) is 5.19. The summed E-state index contributed by atoms with van der Waals surface area (Å²) >= 11 is 0. The van der Waals surface area contributed by atoms with E-state index in [0.29, 0.717) is 6.04 Å². The molecule has 2 heteroatoms. The van der Waals surface area contributed by atoms with Gasteiger partial charge in [-0.05, 0) is 75.0 Å². The lowest BCUT2D eigenvalue weighted by molar-refractivity contribution is 0.180. The molecule has 2 nitrogen and oxygen atoms in total. The zero-order chi connectivity index (χ0) is 13.9. The monoisotopic (exact) mass is 273 g/mol. The van der Waals surface area contributed by atoms with Gasteiger partial charge in [0.1, 0.15) is 0 Å². The number of aliphatic hydroxyl groups excluding tert-OH is 1. The third-order valence-corrected chi connectivity index (χ3v) is 5.19. The standard InChI is InChI=1S/C18H27NO/c1-13(20)5-4-10-19-18-16-8-9-17(18)12-15-7-3-2-6-14(15)11-16/h2-3,6-7,13,16-20H,4-5,8-12H2,1H3/t13-,16+,17+/m1/s1. The summed E-state index contributed by atoms with van der Waals surface area (Å²) in [5, 5.41) is 13.1. The lowest BCUT2D eigenvalue weighted by Gasteiger charge is -2.24. The maximum Gasteiger partial charge on any atom is 0.0512 e. The second-order valence-electron chi connectivity index (χ2n) is 6.75. The predicted molar refractivity (Wildman–Crippen MR) is 82.8 cm³/mol. The molecule has 2 aliphatic rings. The number of hydrogen-bond acceptors (Lipinski definition) is 2. The Morgan fingerprint density at radius 1 is 1.15 bits per heavy atom. The van der Waals surface area contributed by atoms with Crippen molar-refractivity contribution in [3.05, 3.63) is 35.4 Å². The molecule has 0 aromatic heterocycles. The topological polar surface area (TPSA) is 32.3 Å². The van der Waals surface area contributed by atoms with E-state index in [1.807, 2.05) is 6.92 Å². The molecule has 0 saturated heterocycles. The average Bonchev–Trinajstić information content (AvgIpc) is 2.69. The van der Waals surface area contributed by atoms with Crippen LogP contribution in [-0.4, -0.2) is 23.8 Å². The molecule has 0 unspecified atom stereocenters. The summed E-state index contributed by atoms with van der Waals surface area (Å²) in [6, 6.07) is 9.70. The molecule has 110 valence electrons. The second kappa shape index (κ2) is 6.28. The van der Waals surface area contributed by atoms with Crippen LogP contribution < -0.4 is 5.32 Å². The minimum atomic E-state index is -0.160. The Kier molecular flexibility index (Phi) is 4.42. The molecule has 1 aromatic carbocycles. The molecule has 20 heavy (non-hydrogen) atoms. The molecule has 1 fully saturated rings. The van der Waals surface area contributed by atoms with Gasteiger partial charge in [0, 0.05) is 6.04 Å². The Hall–Kier alpha value is -0.860. The Labute approximate surface area is 122 Å². The Morgan fingerprint density at radius 3 is 2.30 bits per heavy atom. The Balaban J connectivity index is 1.61. The fourth-order valence-electron chi connectivity index (χ4n) is 4.15. The average molecular weight is 273 g/mol. The van der Waals surface area contributed by atoms with Crippen molar-refractivity contribution in [1.29, 1.82) is 0 Å². The van der Waals surface area contributed by atoms with Crippen molar-refractivity contribution >= 4 is 0 Å². The van der Waals surface area contributed by atoms with Crippen LogP contribution in [0.5, 0.6) is 0 Å². The van der Waals surface area contributed by atoms with E-state index in [9.17, 15) is 5.11 Å². The van der Waals surface area contributed by atoms with Crippen LogP contribution in [0.1, 0.15) is 43.7 Å². The van der Waals surface area contributed by atoms with Gasteiger partial charge in [0.2, 0.25) is 0 Å². The van der Waals surface area contributed by atoms with E-state index in [1.54, 1.807) is 11.1 Å². The third kappa shape index (κ3) is 3.07. The molecule has 3 atom stereocenters. The molecule has 3 rings (SSSR count). The van der Waals surface area contributed by atoms with Gasteiger partial charge in [0.05, 0.1) is 6.10 Å². The molecule has 0 amide bonds. The van der Waals surface area contributed by atoms with Gasteiger partial charge in [-0.1, -0.05) is 24.3 Å². The number of benzene rings is 1. The fraction of sp³-hybridized carbons (Fsp3) is 0.667. The normalized spacial score (nSPS) is 29.8. The summed E-state index contributed by atoms with van der Waals surface area (Å²) < 4.78 is 0. The van der Waals surface area contributed by atoms with Crippen LogP contribution in [0, 0.1) is 11.8 Å². The van der Waals surface area contributed by atoms with Crippen molar-refractivity contribution in [2.45, 2.75) is 57.6 Å². The summed E-state index contributed by atoms with van der Waals surface area (Å²) in [6.45, 7) is 2.94. The Bertz CT molecular complexity index is 410. The molecular formula is C18H27NO. The summed E-state index contributed by atoms with van der Waals surface area (Å²) in [6.07, 6.45) is 7.10. The van der Waals surface area contributed by atoms with Crippen molar-refractivity contribution in [2.75, 3.05) is 6.54 Å². The van der Waals surface area contributed by atoms with E-state index in [-0.39, 0.29) is 6.10 Å². The SMILES string of the molecule is C[C@@H](O)CCCNC1[C@H]2CC[C@H]1Cc1ccccc1C2. The predicted octanol–water partition coefficient (Wildman–Crippen LogP) is 2.93. The number of nitrogens with one attached hydrogen (secondary N) is 1. The molecular weight excluding hydrogens is 246 g/mol. The minimum absolute atomic E-state index is 0.160. The van der Waals surface area contributed by atoms with Crippen molar-refractivity contribution in [1.82, 2.24) is 5.32 Å². The van der Waals surface area contributed by atoms with Crippen molar-refractivity contribution in [3.8, 4) is 0 Å². The van der Waals surface area contributed by atoms with Gasteiger partial charge in [-0.25, -0.2) is 0 Å². The lowest BCUT2D eigenvalue weighted by atomic mass is 9.94. The zero-order valence-electron chi connectivity index (χ0n) is 12.5. The molecule has 1 aromatic rings. The number of hydrogen-bond donors (Lipinski definition) is 2. The molecule has 0 heterocycles. The highest BCUT2D eigenvalue weighted by Crippen LogP contribution is 2.39. The van der Waals surface area contributed by atoms with Crippen molar-refractivity contribution in [3.63, 3.8) is 0 Å². The highest BCUT2D eigenvalue weighted by molar-refractivity contribution is 5.30. The van der Waals surface area contributed by atoms with Crippen LogP contribution in [0.3, 0.4) is 0 Å². The van der Waals surface area contributed by atoms with Gasteiger partial charge in [-0.2, -0.15) is 0 Å². The van der Waals surface area contributed by atoms with E-state index in [0.717, 1.165) is 31.2 Å². The van der Waals surface area contributed by atoms with Crippen LogP contribution in [0.15, 0.2) is 24.3 Å². The summed E-state index contributed by atoms with van der Waals surface area (Å²) in [4.78, 5) is 0. The molecule has 0 aliphatic heterocycles. The highest BCUT2D eigenvalue weighted by atomic mass is 16.3. The van der Waals surface area contributed by atoms with Crippen LogP contribution in [-0.2, 0) is 12.8 Å². The number of rotatable bonds is 5. The second-order valence-corrected chi connectivity index (χ2v) is 6.75. The van der Waals surface area contributed by atoms with E-state index in [2.05, 4.69) is 29.6 Å². The van der Waals surface area contributed by atoms with Crippen LogP contribution in [0.25, 0.3) is 0 Å². The minimum Gasteiger partial charge on any atom is -0.393 e. The number of aliphatic hydroxyl groups is 1. The van der Waals surface area contributed by atoms with E-state index in [4.69, 9.17) is 0 Å². The van der Waals surface area contributed by atoms with Gasteiger partial charge in [-0.3, -0.25) is 0 Å². The molecule has 0 spiro atoms. The maximum absolute atomic E-state index is 9.34. The van der Waals surface area contributed by atoms with Crippen LogP contribution in [0.4, 0.5) is 0 Å². The van der Waals surface area contributed by atoms with Gasteiger partial charge >= 0.3 is 0 Å². The first-order valence-corrected chi connectivity index (χ1v) is 8.22. The quantitative estimate of drug-likeness (QED) is 0.809. The Morgan fingerprint density at radius 2 is 1.75 bits per heavy atom. The van der Waals surface area contributed by atoms with Gasteiger partial charge in [0.25, 0.3) is 0 Å². The summed E-state index contributed by atoms with van der Waals surface area (Å²) in [7, 11) is 0. The molecule has 2 N–H and O–H groups in total. The van der Waals surface area contributed by atoms with Crippen molar-refractivity contribution in [2.24, 2.45) is 11.8 Å². The first-order valence-electron chi connectivity index (χ1n) is 8.22. The summed E-state index contributed by atoms with van der Waals surface area (Å²) in [5.41, 5.74) is 3.16. The van der Waals surface area contributed by atoms with Gasteiger partial charge in [-0.15, -0.1) is 0 Å².